The van der Waals surface area contributed by atoms with E-state index in [1.165, 1.54) is 33.4 Å². The minimum Gasteiger partial charge on any atom is -0.676 e. The Hall–Kier alpha value is -2.51. The molecule has 0 fully saturated rings. The number of benzene rings is 2. The molecule has 1 aliphatic carbocycles. The van der Waals surface area contributed by atoms with E-state index in [2.05, 4.69) is 117 Å². The van der Waals surface area contributed by atoms with E-state index < -0.39 is 0 Å². The fourth-order valence-corrected chi connectivity index (χ4v) is 3.99. The van der Waals surface area contributed by atoms with Gasteiger partial charge in [0, 0.05) is 12.1 Å². The largest absolute Gasteiger partial charge is 4.00 e. The fourth-order valence-electron chi connectivity index (χ4n) is 3.99. The molecule has 38 heavy (non-hydrogen) atoms. The van der Waals surface area contributed by atoms with Crippen molar-refractivity contribution in [1.82, 2.24) is 0 Å². The van der Waals surface area contributed by atoms with Crippen LogP contribution in [0.3, 0.4) is 0 Å². The third kappa shape index (κ3) is 10.7. The third-order valence-electron chi connectivity index (χ3n) is 5.28. The van der Waals surface area contributed by atoms with Gasteiger partial charge in [-0.1, -0.05) is 46.5 Å². The first-order valence-corrected chi connectivity index (χ1v) is 12.3. The number of aromatic nitrogens is 1. The third-order valence-corrected chi connectivity index (χ3v) is 5.28. The molecular weight excluding hydrogens is 633 g/mol. The molecule has 3 aromatic rings. The molecule has 6 heteroatoms. The van der Waals surface area contributed by atoms with Crippen LogP contribution in [0.2, 0.25) is 0 Å². The summed E-state index contributed by atoms with van der Waals surface area (Å²) in [5, 5.41) is 16.5. The first-order chi connectivity index (χ1) is 17.8. The molecule has 1 aliphatic rings. The van der Waals surface area contributed by atoms with Crippen molar-refractivity contribution in [3.8, 4) is 0 Å². The van der Waals surface area contributed by atoms with Crippen molar-refractivity contribution in [2.45, 2.75) is 27.3 Å². The molecule has 5 nitrogen and oxygen atoms in total. The zero-order chi connectivity index (χ0) is 27.8. The Balaban J connectivity index is 0.00000121. The van der Waals surface area contributed by atoms with Crippen LogP contribution in [0.1, 0.15) is 33.5 Å². The molecule has 200 valence electrons. The molecule has 0 aliphatic heterocycles. The predicted octanol–water partition coefficient (Wildman–Crippen LogP) is 6.92. The van der Waals surface area contributed by atoms with Crippen LogP contribution in [0.15, 0.2) is 66.7 Å². The zero-order valence-corrected chi connectivity index (χ0v) is 28.2. The van der Waals surface area contributed by atoms with Crippen molar-refractivity contribution < 1.29 is 30.1 Å². The van der Waals surface area contributed by atoms with Gasteiger partial charge in [-0.2, -0.15) is 46.5 Å². The van der Waals surface area contributed by atoms with E-state index in [0.29, 0.717) is 6.54 Å². The Morgan fingerprint density at radius 2 is 1.34 bits per heavy atom. The summed E-state index contributed by atoms with van der Waals surface area (Å²) in [6.45, 7) is 11.3. The molecule has 1 aromatic heterocycles. The van der Waals surface area contributed by atoms with Gasteiger partial charge in [0.2, 0.25) is 0 Å². The second-order valence-corrected chi connectivity index (χ2v) is 8.76. The van der Waals surface area contributed by atoms with Crippen molar-refractivity contribution in [1.29, 1.82) is 0 Å². The summed E-state index contributed by atoms with van der Waals surface area (Å²) in [6, 6.07) is 19.2. The van der Waals surface area contributed by atoms with Crippen molar-refractivity contribution >= 4 is 11.3 Å². The topological polar surface area (TPSA) is 62.3 Å². The van der Waals surface area contributed by atoms with Gasteiger partial charge in [0.25, 0.3) is 0 Å². The first kappa shape index (κ1) is 35.5. The number of hydrogen-bond donors (Lipinski definition) is 0. The van der Waals surface area contributed by atoms with E-state index in [1.807, 2.05) is 4.24 Å². The number of fused-ring (bicyclic) bond motifs is 1. The Labute approximate surface area is 250 Å². The van der Waals surface area contributed by atoms with Crippen LogP contribution >= 0.6 is 0 Å². The van der Waals surface area contributed by atoms with Crippen molar-refractivity contribution in [3.63, 3.8) is 0 Å². The van der Waals surface area contributed by atoms with Crippen LogP contribution in [0.4, 0.5) is 5.69 Å². The summed E-state index contributed by atoms with van der Waals surface area (Å²) in [6.07, 6.45) is 6.41. The van der Waals surface area contributed by atoms with Gasteiger partial charge in [0.15, 0.2) is 11.0 Å². The number of nitrogens with zero attached hydrogens (tertiary/aromatic N) is 5. The molecule has 0 bridgehead atoms. The van der Waals surface area contributed by atoms with Gasteiger partial charge in [-0.15, -0.1) is 42.0 Å². The molecule has 0 saturated carbocycles. The number of aryl methyl sites for hydroxylation is 3. The molecule has 1 heterocycles. The molecule has 0 amide bonds. The molecule has 0 N–H and O–H groups in total. The molecule has 4 rings (SSSR count). The number of hydrogen-bond acceptors (Lipinski definition) is 0. The second-order valence-electron chi connectivity index (χ2n) is 8.76. The average Bonchev–Trinajstić information content (AvgIpc) is 2.85. The summed E-state index contributed by atoms with van der Waals surface area (Å²) >= 11 is 0. The SMILES string of the molecule is C=[n+]1c(C[N-]c2c(C)cc(C)cc2C)ccc/c1=C1/C=C[CH-]c2ccccc21.C[N-]C.C[N-]C.C[N-]C.[Hf+4]. The standard InChI is InChI=1S/C26H25N2.3C2H6N.Hf/c1-18-15-19(2)26(20(3)16-18)27-17-22-11-8-14-25(28(22)4)24-13-7-10-21-9-5-6-12-23(21)24;3*1-3-2;/h5-16H,4,17H2,1-3H3;3*1-2H3;/q4*-1;+4/b25-24+;;;;. The Bertz CT molecular complexity index is 1220. The molecule has 0 unspecified atom stereocenters. The molecule has 2 aromatic carbocycles. The summed E-state index contributed by atoms with van der Waals surface area (Å²) in [7, 11) is 10.5. The van der Waals surface area contributed by atoms with Crippen LogP contribution in [-0.2, 0) is 32.4 Å². The first-order valence-electron chi connectivity index (χ1n) is 12.3. The summed E-state index contributed by atoms with van der Waals surface area (Å²) in [5.74, 6) is 0. The van der Waals surface area contributed by atoms with Gasteiger partial charge in [0.1, 0.15) is 6.72 Å². The number of rotatable bonds is 3. The maximum atomic E-state index is 4.91. The van der Waals surface area contributed by atoms with Gasteiger partial charge in [-0.05, 0) is 39.0 Å². The van der Waals surface area contributed by atoms with Crippen LogP contribution < -0.4 is 9.59 Å². The van der Waals surface area contributed by atoms with E-state index in [0.717, 1.165) is 16.7 Å². The van der Waals surface area contributed by atoms with E-state index in [1.54, 1.807) is 42.3 Å². The molecule has 0 radical (unpaired) electrons. The van der Waals surface area contributed by atoms with Gasteiger partial charge in [-0.25, -0.2) is 0 Å². The van der Waals surface area contributed by atoms with Crippen molar-refractivity contribution in [2.24, 2.45) is 0 Å². The predicted molar refractivity (Wildman–Crippen MR) is 162 cm³/mol. The fraction of sp³-hybridized carbons (Fsp3) is 0.312. The smallest absolute Gasteiger partial charge is 0.676 e. The Morgan fingerprint density at radius 1 is 0.789 bits per heavy atom. The second kappa shape index (κ2) is 19.5. The van der Waals surface area contributed by atoms with Crippen LogP contribution in [-0.4, -0.2) is 42.3 Å². The normalized spacial score (nSPS) is 12.0. The van der Waals surface area contributed by atoms with Gasteiger partial charge >= 0.3 is 25.8 Å². The van der Waals surface area contributed by atoms with Crippen molar-refractivity contribution in [2.75, 3.05) is 42.3 Å². The average molecular weight is 676 g/mol. The molecule has 0 saturated heterocycles. The van der Waals surface area contributed by atoms with Crippen LogP contribution in [0, 0.1) is 33.9 Å². The summed E-state index contributed by atoms with van der Waals surface area (Å²) in [4.78, 5) is 0. The van der Waals surface area contributed by atoms with Crippen LogP contribution in [0.5, 0.6) is 0 Å². The van der Waals surface area contributed by atoms with Gasteiger partial charge < -0.3 is 21.3 Å². The number of allylic oxidation sites excluding steroid dienone is 2. The Morgan fingerprint density at radius 3 is 1.92 bits per heavy atom. The monoisotopic (exact) mass is 677 g/mol. The maximum absolute atomic E-state index is 4.91. The van der Waals surface area contributed by atoms with E-state index in [-0.39, 0.29) is 25.8 Å². The number of pyridine rings is 1. The Kier molecular flexibility index (Phi) is 18.3. The summed E-state index contributed by atoms with van der Waals surface area (Å²) < 4.78 is 2.02. The maximum Gasteiger partial charge on any atom is 4.00 e. The van der Waals surface area contributed by atoms with Gasteiger partial charge in [-0.3, -0.25) is 0 Å². The quantitative estimate of drug-likeness (QED) is 0.164. The molecular formula is C32H43HfN5. The zero-order valence-electron chi connectivity index (χ0n) is 24.6. The summed E-state index contributed by atoms with van der Waals surface area (Å²) in [5.41, 5.74) is 9.56. The van der Waals surface area contributed by atoms with Gasteiger partial charge in [0.05, 0.1) is 0 Å². The minimum atomic E-state index is 0. The minimum absolute atomic E-state index is 0. The van der Waals surface area contributed by atoms with Crippen LogP contribution in [0.25, 0.3) is 26.8 Å². The van der Waals surface area contributed by atoms with E-state index >= 15 is 0 Å². The molecule has 0 spiro atoms. The van der Waals surface area contributed by atoms with E-state index in [9.17, 15) is 0 Å². The van der Waals surface area contributed by atoms with E-state index in [4.69, 9.17) is 5.32 Å². The molecule has 0 atom stereocenters. The van der Waals surface area contributed by atoms with Crippen molar-refractivity contribution in [3.05, 3.63) is 140 Å².